The summed E-state index contributed by atoms with van der Waals surface area (Å²) in [5.74, 6) is -2.42. The zero-order valence-electron chi connectivity index (χ0n) is 15.1. The van der Waals surface area contributed by atoms with Crippen LogP contribution in [0.15, 0.2) is 73.5 Å². The summed E-state index contributed by atoms with van der Waals surface area (Å²) >= 11 is 0.654. The molecule has 162 valence electrons. The van der Waals surface area contributed by atoms with Crippen molar-refractivity contribution in [2.75, 3.05) is 0 Å². The number of nitrogens with zero attached hydrogens (tertiary/aromatic N) is 3. The number of hydrogen-bond acceptors (Lipinski definition) is 13. The average Bonchev–Trinajstić information content (AvgIpc) is 3.07. The largest absolute Gasteiger partial charge is 0.744 e. The highest BCUT2D eigenvalue weighted by atomic mass is 32.2. The molecule has 0 fully saturated rings. The first-order chi connectivity index (χ1) is 14.7. The minimum absolute atomic E-state index is 0.177. The molecule has 2 aromatic carbocycles. The first kappa shape index (κ1) is 22.7. The number of carboxylic acids is 1. The molecular formula is C17H10N3O9S2-3. The normalized spacial score (nSPS) is 19.0. The number of Topliss-reactive ketones (excluding diaryl/α,β-unsaturated/α-hetero) is 1. The Morgan fingerprint density at radius 3 is 2.29 bits per heavy atom. The number of carboxylic acid groups (broad SMARTS) is 1. The van der Waals surface area contributed by atoms with Crippen LogP contribution in [0.3, 0.4) is 0 Å². The van der Waals surface area contributed by atoms with Crippen LogP contribution in [0.5, 0.6) is 0 Å². The number of rotatable bonds is 8. The van der Waals surface area contributed by atoms with Gasteiger partial charge in [-0.1, -0.05) is 12.1 Å². The van der Waals surface area contributed by atoms with Crippen molar-refractivity contribution < 1.29 is 42.3 Å². The van der Waals surface area contributed by atoms with Crippen molar-refractivity contribution in [3.05, 3.63) is 54.1 Å². The molecule has 0 radical (unpaired) electrons. The maximum atomic E-state index is 12.7. The fourth-order valence-electron chi connectivity index (χ4n) is 2.64. The lowest BCUT2D eigenvalue weighted by atomic mass is 10.0. The van der Waals surface area contributed by atoms with Gasteiger partial charge in [-0.3, -0.25) is 14.8 Å². The van der Waals surface area contributed by atoms with Gasteiger partial charge in [0.15, 0.2) is 11.8 Å². The van der Waals surface area contributed by atoms with Crippen molar-refractivity contribution in [2.24, 2.45) is 15.2 Å². The van der Waals surface area contributed by atoms with Crippen LogP contribution in [-0.4, -0.2) is 36.5 Å². The van der Waals surface area contributed by atoms with Gasteiger partial charge in [-0.2, -0.15) is 14.6 Å². The predicted molar refractivity (Wildman–Crippen MR) is 97.4 cm³/mol. The smallest absolute Gasteiger partial charge is 0.194 e. The summed E-state index contributed by atoms with van der Waals surface area (Å²) in [5, 5.41) is 32.0. The maximum absolute atomic E-state index is 12.7. The van der Waals surface area contributed by atoms with Gasteiger partial charge < -0.3 is 19.7 Å². The molecule has 2 aromatic rings. The average molecular weight is 464 g/mol. The summed E-state index contributed by atoms with van der Waals surface area (Å²) in [5.41, 5.74) is -0.186. The van der Waals surface area contributed by atoms with Crippen molar-refractivity contribution in [1.29, 1.82) is 0 Å². The van der Waals surface area contributed by atoms with E-state index in [1.807, 2.05) is 0 Å². The van der Waals surface area contributed by atoms with Crippen molar-refractivity contribution in [3.63, 3.8) is 0 Å². The molecule has 0 N–H and O–H groups in total. The Kier molecular flexibility index (Phi) is 6.89. The van der Waals surface area contributed by atoms with Gasteiger partial charge in [-0.15, -0.1) is 0 Å². The van der Waals surface area contributed by atoms with E-state index in [1.165, 1.54) is 36.4 Å². The van der Waals surface area contributed by atoms with Gasteiger partial charge in [0.05, 0.1) is 34.3 Å². The van der Waals surface area contributed by atoms with Crippen molar-refractivity contribution in [1.82, 2.24) is 0 Å². The van der Waals surface area contributed by atoms with Gasteiger partial charge in [-0.25, -0.2) is 8.42 Å². The van der Waals surface area contributed by atoms with E-state index in [4.69, 9.17) is 0 Å². The second-order valence-corrected chi connectivity index (χ2v) is 8.11. The van der Waals surface area contributed by atoms with E-state index in [1.54, 1.807) is 0 Å². The molecule has 0 amide bonds. The zero-order valence-corrected chi connectivity index (χ0v) is 16.7. The fourth-order valence-corrected chi connectivity index (χ4v) is 3.46. The minimum Gasteiger partial charge on any atom is -0.744 e. The van der Waals surface area contributed by atoms with E-state index in [2.05, 4.69) is 24.6 Å². The molecule has 0 saturated carbocycles. The standard InChI is InChI=1S/C17H13N3O9S2/c21-16-13(9-1-7-12(8-2-9)31(25,26)27)18-15(17(22)23)14(16)20-19-10-3-5-11(6-4-10)30-29-28-24/h1-8,13-14,24H,(H,22,23)(H,25,26,27)/p-3. The number of hydrogen-bond donors (Lipinski definition) is 0. The summed E-state index contributed by atoms with van der Waals surface area (Å²) in [6, 6.07) is 7.51. The second kappa shape index (κ2) is 9.42. The van der Waals surface area contributed by atoms with Gasteiger partial charge in [-0.05, 0) is 42.0 Å². The van der Waals surface area contributed by atoms with Gasteiger partial charge in [0.1, 0.15) is 16.2 Å². The Bertz CT molecular complexity index is 1150. The summed E-state index contributed by atoms with van der Waals surface area (Å²) in [7, 11) is -4.68. The molecule has 0 aliphatic carbocycles. The molecule has 1 aliphatic heterocycles. The Hall–Kier alpha value is -3.01. The van der Waals surface area contributed by atoms with Crippen molar-refractivity contribution in [3.8, 4) is 0 Å². The molecule has 0 saturated heterocycles. The number of aliphatic carboxylic acids is 1. The summed E-state index contributed by atoms with van der Waals surface area (Å²) in [4.78, 5) is 27.9. The summed E-state index contributed by atoms with van der Waals surface area (Å²) in [6.07, 6.45) is 0. The molecule has 2 unspecified atom stereocenters. The van der Waals surface area contributed by atoms with E-state index in [-0.39, 0.29) is 11.3 Å². The predicted octanol–water partition coefficient (Wildman–Crippen LogP) is -0.212. The summed E-state index contributed by atoms with van der Waals surface area (Å²) < 4.78 is 37.2. The molecule has 31 heavy (non-hydrogen) atoms. The molecule has 0 spiro atoms. The van der Waals surface area contributed by atoms with Crippen LogP contribution in [-0.2, 0) is 29.1 Å². The van der Waals surface area contributed by atoms with Crippen LogP contribution in [0.1, 0.15) is 11.6 Å². The van der Waals surface area contributed by atoms with Gasteiger partial charge in [0.25, 0.3) is 0 Å². The highest BCUT2D eigenvalue weighted by Crippen LogP contribution is 2.30. The van der Waals surface area contributed by atoms with Gasteiger partial charge in [0.2, 0.25) is 0 Å². The van der Waals surface area contributed by atoms with Crippen LogP contribution in [0, 0.1) is 0 Å². The number of carbonyl (C=O) groups excluding carboxylic acids is 2. The van der Waals surface area contributed by atoms with Crippen LogP contribution >= 0.6 is 12.0 Å². The molecule has 2 atom stereocenters. The molecular weight excluding hydrogens is 454 g/mol. The highest BCUT2D eigenvalue weighted by Gasteiger charge is 2.39. The van der Waals surface area contributed by atoms with E-state index in [9.17, 15) is 32.9 Å². The molecule has 0 aromatic heterocycles. The summed E-state index contributed by atoms with van der Waals surface area (Å²) in [6.45, 7) is 0. The Balaban J connectivity index is 1.81. The fraction of sp³-hybridized carbons (Fsp3) is 0.118. The Morgan fingerprint density at radius 2 is 1.74 bits per heavy atom. The third-order valence-electron chi connectivity index (χ3n) is 4.04. The van der Waals surface area contributed by atoms with Crippen LogP contribution in [0.4, 0.5) is 5.69 Å². The van der Waals surface area contributed by atoms with Crippen molar-refractivity contribution >= 4 is 45.3 Å². The zero-order chi connectivity index (χ0) is 22.6. The quantitative estimate of drug-likeness (QED) is 0.166. The second-order valence-electron chi connectivity index (χ2n) is 5.96. The van der Waals surface area contributed by atoms with Gasteiger partial charge in [0, 0.05) is 4.90 Å². The first-order valence-corrected chi connectivity index (χ1v) is 10.4. The number of benzene rings is 2. The molecule has 3 rings (SSSR count). The van der Waals surface area contributed by atoms with E-state index in [0.717, 1.165) is 12.1 Å². The van der Waals surface area contributed by atoms with Crippen LogP contribution in [0.25, 0.3) is 0 Å². The van der Waals surface area contributed by atoms with Crippen LogP contribution < -0.4 is 10.4 Å². The number of aliphatic imine (C=N–C) groups is 1. The minimum atomic E-state index is -4.68. The highest BCUT2D eigenvalue weighted by molar-refractivity contribution is 7.94. The van der Waals surface area contributed by atoms with Crippen LogP contribution in [0.2, 0.25) is 0 Å². The number of ketones is 1. The Morgan fingerprint density at radius 1 is 1.10 bits per heavy atom. The topological polar surface area (TPSA) is 193 Å². The number of carbonyl (C=O) groups is 2. The first-order valence-electron chi connectivity index (χ1n) is 8.23. The maximum Gasteiger partial charge on any atom is 0.194 e. The molecule has 14 heteroatoms. The van der Waals surface area contributed by atoms with Crippen molar-refractivity contribution in [2.45, 2.75) is 21.9 Å². The lowest BCUT2D eigenvalue weighted by Crippen LogP contribution is -2.38. The van der Waals surface area contributed by atoms with Gasteiger partial charge >= 0.3 is 0 Å². The lowest BCUT2D eigenvalue weighted by Gasteiger charge is -2.10. The SMILES string of the molecule is O=C([O-])C1=NC(c2ccc(S(=O)(=O)[O-])cc2)C(=O)C1N=Nc1ccc(SOO[O-])cc1. The molecule has 1 heterocycles. The lowest BCUT2D eigenvalue weighted by molar-refractivity contribution is -0.777. The number of azo groups is 1. The third kappa shape index (κ3) is 5.38. The molecule has 0 bridgehead atoms. The third-order valence-corrected chi connectivity index (χ3v) is 5.48. The van der Waals surface area contributed by atoms with E-state index < -0.39 is 44.6 Å². The van der Waals surface area contributed by atoms with E-state index >= 15 is 0 Å². The molecule has 1 aliphatic rings. The Labute approximate surface area is 179 Å². The molecule has 12 nitrogen and oxygen atoms in total. The monoisotopic (exact) mass is 464 g/mol. The van der Waals surface area contributed by atoms with E-state index in [0.29, 0.717) is 16.9 Å².